The maximum absolute atomic E-state index is 11.4. The minimum absolute atomic E-state index is 0.470. The molecule has 0 saturated carbocycles. The van der Waals surface area contributed by atoms with Gasteiger partial charge in [-0.2, -0.15) is 0 Å². The summed E-state index contributed by atoms with van der Waals surface area (Å²) < 4.78 is 0. The Kier molecular flexibility index (Phi) is 5.69. The maximum atomic E-state index is 11.4. The summed E-state index contributed by atoms with van der Waals surface area (Å²) in [7, 11) is 0. The highest BCUT2D eigenvalue weighted by Gasteiger charge is 2.18. The van der Waals surface area contributed by atoms with Gasteiger partial charge in [-0.1, -0.05) is 36.4 Å². The molecule has 21 heavy (non-hydrogen) atoms. The summed E-state index contributed by atoms with van der Waals surface area (Å²) in [5.41, 5.74) is 1.88. The second-order valence-corrected chi connectivity index (χ2v) is 5.63. The van der Waals surface area contributed by atoms with Crippen molar-refractivity contribution in [3.05, 3.63) is 60.2 Å². The van der Waals surface area contributed by atoms with E-state index in [1.807, 2.05) is 48.7 Å². The van der Waals surface area contributed by atoms with Gasteiger partial charge in [0.15, 0.2) is 0 Å². The molecule has 0 aromatic heterocycles. The lowest BCUT2D eigenvalue weighted by atomic mass is 9.96. The van der Waals surface area contributed by atoms with Crippen LogP contribution in [0.15, 0.2) is 59.5 Å². The second kappa shape index (κ2) is 7.74. The van der Waals surface area contributed by atoms with Crippen LogP contribution in [0.1, 0.15) is 17.9 Å². The molecule has 0 aliphatic carbocycles. The van der Waals surface area contributed by atoms with Crippen LogP contribution in [-0.4, -0.2) is 23.9 Å². The number of thioether (sulfide) groups is 1. The molecule has 2 rings (SSSR count). The first kappa shape index (κ1) is 15.4. The Morgan fingerprint density at radius 2 is 1.95 bits per heavy atom. The monoisotopic (exact) mass is 301 g/mol. The Balaban J connectivity index is 1.95. The van der Waals surface area contributed by atoms with E-state index in [1.54, 1.807) is 11.8 Å². The zero-order valence-electron chi connectivity index (χ0n) is 12.0. The summed E-state index contributed by atoms with van der Waals surface area (Å²) in [5.74, 6) is -1.25. The number of nitrogens with one attached hydrogen (secondary N) is 1. The molecule has 0 heterocycles. The zero-order chi connectivity index (χ0) is 15.1. The smallest absolute Gasteiger partial charge is 0.311 e. The number of carbonyl (C=O) groups is 1. The molecule has 0 spiro atoms. The normalized spacial score (nSPS) is 11.9. The van der Waals surface area contributed by atoms with E-state index < -0.39 is 11.9 Å². The highest BCUT2D eigenvalue weighted by molar-refractivity contribution is 7.98. The van der Waals surface area contributed by atoms with Crippen LogP contribution >= 0.6 is 11.8 Å². The standard InChI is InChI=1S/C17H19NO2S/c1-21-15-9-5-8-14(12-15)18-11-10-16(17(19)20)13-6-3-2-4-7-13/h2-9,12,16,18H,10-11H2,1H3,(H,19,20). The van der Waals surface area contributed by atoms with Gasteiger partial charge < -0.3 is 10.4 Å². The lowest BCUT2D eigenvalue weighted by Gasteiger charge is -2.14. The van der Waals surface area contributed by atoms with E-state index in [0.29, 0.717) is 13.0 Å². The molecule has 110 valence electrons. The van der Waals surface area contributed by atoms with Crippen molar-refractivity contribution >= 4 is 23.4 Å². The van der Waals surface area contributed by atoms with Crippen molar-refractivity contribution in [3.8, 4) is 0 Å². The minimum Gasteiger partial charge on any atom is -0.481 e. The number of rotatable bonds is 7. The van der Waals surface area contributed by atoms with Crippen LogP contribution < -0.4 is 5.32 Å². The highest BCUT2D eigenvalue weighted by Crippen LogP contribution is 2.22. The third-order valence-electron chi connectivity index (χ3n) is 3.33. The number of aliphatic carboxylic acids is 1. The Bertz CT molecular complexity index is 586. The Hall–Kier alpha value is -1.94. The number of anilines is 1. The van der Waals surface area contributed by atoms with Crippen molar-refractivity contribution in [1.82, 2.24) is 0 Å². The minimum atomic E-state index is -0.777. The van der Waals surface area contributed by atoms with Crippen molar-refractivity contribution in [2.45, 2.75) is 17.2 Å². The van der Waals surface area contributed by atoms with Gasteiger partial charge >= 0.3 is 5.97 Å². The average Bonchev–Trinajstić information content (AvgIpc) is 2.52. The van der Waals surface area contributed by atoms with Crippen LogP contribution in [0, 0.1) is 0 Å². The van der Waals surface area contributed by atoms with Crippen molar-refractivity contribution in [2.24, 2.45) is 0 Å². The maximum Gasteiger partial charge on any atom is 0.311 e. The van der Waals surface area contributed by atoms with Gasteiger partial charge in [0.25, 0.3) is 0 Å². The highest BCUT2D eigenvalue weighted by atomic mass is 32.2. The van der Waals surface area contributed by atoms with Crippen LogP contribution in [-0.2, 0) is 4.79 Å². The SMILES string of the molecule is CSc1cccc(NCCC(C(=O)O)c2ccccc2)c1. The van der Waals surface area contributed by atoms with Gasteiger partial charge in [0, 0.05) is 17.1 Å². The summed E-state index contributed by atoms with van der Waals surface area (Å²) in [4.78, 5) is 12.6. The fourth-order valence-corrected chi connectivity index (χ4v) is 2.67. The van der Waals surface area contributed by atoms with Crippen LogP contribution in [0.3, 0.4) is 0 Å². The van der Waals surface area contributed by atoms with Gasteiger partial charge in [-0.15, -0.1) is 11.8 Å². The summed E-state index contributed by atoms with van der Waals surface area (Å²) in [6, 6.07) is 17.5. The first-order chi connectivity index (χ1) is 10.2. The zero-order valence-corrected chi connectivity index (χ0v) is 12.8. The fraction of sp³-hybridized carbons (Fsp3) is 0.235. The van der Waals surface area contributed by atoms with Crippen LogP contribution in [0.4, 0.5) is 5.69 Å². The first-order valence-electron chi connectivity index (χ1n) is 6.86. The largest absolute Gasteiger partial charge is 0.481 e. The molecule has 0 radical (unpaired) electrons. The van der Waals surface area contributed by atoms with E-state index in [1.165, 1.54) is 4.90 Å². The van der Waals surface area contributed by atoms with E-state index in [9.17, 15) is 9.90 Å². The van der Waals surface area contributed by atoms with Gasteiger partial charge in [-0.3, -0.25) is 4.79 Å². The average molecular weight is 301 g/mol. The quantitative estimate of drug-likeness (QED) is 0.757. The molecule has 0 aliphatic heterocycles. The molecular weight excluding hydrogens is 282 g/mol. The molecule has 2 N–H and O–H groups in total. The Morgan fingerprint density at radius 3 is 2.62 bits per heavy atom. The van der Waals surface area contributed by atoms with Gasteiger partial charge in [0.2, 0.25) is 0 Å². The molecular formula is C17H19NO2S. The van der Waals surface area contributed by atoms with E-state index in [4.69, 9.17) is 0 Å². The predicted molar refractivity (Wildman–Crippen MR) is 88.1 cm³/mol. The molecule has 0 amide bonds. The van der Waals surface area contributed by atoms with E-state index in [0.717, 1.165) is 11.3 Å². The molecule has 1 atom stereocenters. The number of hydrogen-bond donors (Lipinski definition) is 2. The van der Waals surface area contributed by atoms with Crippen LogP contribution in [0.2, 0.25) is 0 Å². The Labute approximate surface area is 129 Å². The van der Waals surface area contributed by atoms with E-state index in [2.05, 4.69) is 17.4 Å². The van der Waals surface area contributed by atoms with Gasteiger partial charge in [0.05, 0.1) is 5.92 Å². The topological polar surface area (TPSA) is 49.3 Å². The molecule has 3 nitrogen and oxygen atoms in total. The third kappa shape index (κ3) is 4.53. The summed E-state index contributed by atoms with van der Waals surface area (Å²) in [6.45, 7) is 0.629. The number of carboxylic acids is 1. The van der Waals surface area contributed by atoms with Crippen LogP contribution in [0.5, 0.6) is 0 Å². The number of benzene rings is 2. The van der Waals surface area contributed by atoms with Crippen molar-refractivity contribution in [3.63, 3.8) is 0 Å². The Morgan fingerprint density at radius 1 is 1.19 bits per heavy atom. The molecule has 0 bridgehead atoms. The molecule has 0 saturated heterocycles. The van der Waals surface area contributed by atoms with Crippen molar-refractivity contribution in [1.29, 1.82) is 0 Å². The summed E-state index contributed by atoms with van der Waals surface area (Å²) >= 11 is 1.69. The predicted octanol–water partition coefficient (Wildman–Crippen LogP) is 4.08. The van der Waals surface area contributed by atoms with Gasteiger partial charge in [-0.05, 0) is 36.4 Å². The van der Waals surface area contributed by atoms with Crippen LogP contribution in [0.25, 0.3) is 0 Å². The molecule has 4 heteroatoms. The van der Waals surface area contributed by atoms with Crippen molar-refractivity contribution in [2.75, 3.05) is 18.1 Å². The molecule has 1 unspecified atom stereocenters. The summed E-state index contributed by atoms with van der Waals surface area (Å²) in [5, 5.41) is 12.7. The molecule has 0 aliphatic rings. The number of carboxylic acid groups (broad SMARTS) is 1. The van der Waals surface area contributed by atoms with Gasteiger partial charge in [0.1, 0.15) is 0 Å². The number of hydrogen-bond acceptors (Lipinski definition) is 3. The summed E-state index contributed by atoms with van der Waals surface area (Å²) in [6.07, 6.45) is 2.60. The van der Waals surface area contributed by atoms with E-state index in [-0.39, 0.29) is 0 Å². The first-order valence-corrected chi connectivity index (χ1v) is 8.09. The van der Waals surface area contributed by atoms with E-state index >= 15 is 0 Å². The lowest BCUT2D eigenvalue weighted by Crippen LogP contribution is -2.16. The fourth-order valence-electron chi connectivity index (χ4n) is 2.21. The molecule has 2 aromatic rings. The molecule has 2 aromatic carbocycles. The lowest BCUT2D eigenvalue weighted by molar-refractivity contribution is -0.138. The van der Waals surface area contributed by atoms with Gasteiger partial charge in [-0.25, -0.2) is 0 Å². The second-order valence-electron chi connectivity index (χ2n) is 4.75. The molecule has 0 fully saturated rings. The third-order valence-corrected chi connectivity index (χ3v) is 4.06. The van der Waals surface area contributed by atoms with Crippen molar-refractivity contribution < 1.29 is 9.90 Å².